The molecule has 1 aromatic heterocycles. The average Bonchev–Trinajstić information content (AvgIpc) is 2.88. The first-order valence-electron chi connectivity index (χ1n) is 8.80. The fraction of sp³-hybridized carbons (Fsp3) is 0.450. The van der Waals surface area contributed by atoms with Crippen molar-refractivity contribution < 1.29 is 4.79 Å². The van der Waals surface area contributed by atoms with Gasteiger partial charge < -0.3 is 4.57 Å². The van der Waals surface area contributed by atoms with Crippen LogP contribution in [0.15, 0.2) is 29.8 Å². The molecular weight excluding hydrogens is 284 g/mol. The Morgan fingerprint density at radius 1 is 1.26 bits per heavy atom. The van der Waals surface area contributed by atoms with E-state index < -0.39 is 0 Å². The topological polar surface area (TPSA) is 25.2 Å². The molecular formula is C20H22N2O. The average molecular weight is 306 g/mol. The number of carbonyl (C=O) groups excluding carboxylic acids is 1. The van der Waals surface area contributed by atoms with E-state index in [1.54, 1.807) is 12.5 Å². The van der Waals surface area contributed by atoms with Crippen molar-refractivity contribution in [2.75, 3.05) is 13.1 Å². The van der Waals surface area contributed by atoms with E-state index in [1.807, 2.05) is 0 Å². The summed E-state index contributed by atoms with van der Waals surface area (Å²) in [6.45, 7) is 4.09. The number of hydrogen-bond acceptors (Lipinski definition) is 2. The summed E-state index contributed by atoms with van der Waals surface area (Å²) in [6, 6.07) is 9.25. The van der Waals surface area contributed by atoms with Gasteiger partial charge in [-0.2, -0.15) is 0 Å². The van der Waals surface area contributed by atoms with E-state index in [9.17, 15) is 4.79 Å². The van der Waals surface area contributed by atoms with Crippen LogP contribution in [0.25, 0.3) is 17.1 Å². The maximum absolute atomic E-state index is 11.8. The second-order valence-electron chi connectivity index (χ2n) is 7.31. The monoisotopic (exact) mass is 306 g/mol. The molecule has 23 heavy (non-hydrogen) atoms. The molecule has 0 bridgehead atoms. The minimum atomic E-state index is 0.282. The van der Waals surface area contributed by atoms with Crippen LogP contribution >= 0.6 is 0 Å². The Balaban J connectivity index is 1.80. The molecule has 2 atom stereocenters. The van der Waals surface area contributed by atoms with Crippen molar-refractivity contribution in [3.8, 4) is 0 Å². The molecule has 0 aliphatic carbocycles. The number of nitrogens with zero attached hydrogens (tertiary/aromatic N) is 2. The van der Waals surface area contributed by atoms with Crippen LogP contribution in [0, 0.1) is 5.92 Å². The standard InChI is InChI=1S/C20H22N2O/c1-13(23)11-14-12-22-18-7-3-2-5-16(18)17-8-10-21-9-4-6-15(14)19(21)20(17)22/h2-3,5,7,12,15,19H,4,6,8-11H2,1H3/t15-,19-/m1/s1. The number of benzene rings is 1. The molecule has 3 aliphatic heterocycles. The van der Waals surface area contributed by atoms with E-state index in [-0.39, 0.29) is 5.78 Å². The molecule has 5 rings (SSSR count). The maximum Gasteiger partial charge on any atom is 0.133 e. The molecule has 4 heterocycles. The summed E-state index contributed by atoms with van der Waals surface area (Å²) in [5, 5.41) is 1.41. The third kappa shape index (κ3) is 1.83. The highest BCUT2D eigenvalue weighted by Crippen LogP contribution is 2.50. The summed E-state index contributed by atoms with van der Waals surface area (Å²) in [5.41, 5.74) is 5.71. The van der Waals surface area contributed by atoms with Crippen molar-refractivity contribution >= 4 is 22.9 Å². The minimum Gasteiger partial charge on any atom is -0.318 e. The van der Waals surface area contributed by atoms with Crippen LogP contribution in [0.2, 0.25) is 0 Å². The lowest BCUT2D eigenvalue weighted by atomic mass is 9.76. The predicted molar refractivity (Wildman–Crippen MR) is 92.3 cm³/mol. The molecule has 3 heteroatoms. The Morgan fingerprint density at radius 2 is 2.13 bits per heavy atom. The van der Waals surface area contributed by atoms with Gasteiger partial charge in [0.05, 0.1) is 11.6 Å². The molecule has 3 aliphatic rings. The molecule has 0 spiro atoms. The first-order valence-corrected chi connectivity index (χ1v) is 8.80. The number of para-hydroxylation sites is 1. The zero-order valence-corrected chi connectivity index (χ0v) is 13.6. The number of Topliss-reactive ketones (excluding diaryl/α,β-unsaturated/α-hetero) is 1. The van der Waals surface area contributed by atoms with Gasteiger partial charge in [0, 0.05) is 36.2 Å². The van der Waals surface area contributed by atoms with Crippen LogP contribution < -0.4 is 0 Å². The summed E-state index contributed by atoms with van der Waals surface area (Å²) >= 11 is 0. The SMILES string of the molecule is CC(=O)CC1=Cn2c3c(c4ccccc42)CCN2CCC[C@H]1[C@H]32. The van der Waals surface area contributed by atoms with E-state index >= 15 is 0 Å². The van der Waals surface area contributed by atoms with E-state index in [1.165, 1.54) is 41.6 Å². The molecule has 1 saturated heterocycles. The van der Waals surface area contributed by atoms with Gasteiger partial charge in [-0.25, -0.2) is 0 Å². The Bertz CT molecular complexity index is 845. The quantitative estimate of drug-likeness (QED) is 0.843. The largest absolute Gasteiger partial charge is 0.318 e. The van der Waals surface area contributed by atoms with Crippen molar-refractivity contribution in [2.45, 2.75) is 38.6 Å². The number of rotatable bonds is 2. The van der Waals surface area contributed by atoms with Gasteiger partial charge in [0.25, 0.3) is 0 Å². The summed E-state index contributed by atoms with van der Waals surface area (Å²) < 4.78 is 2.40. The zero-order valence-electron chi connectivity index (χ0n) is 13.6. The van der Waals surface area contributed by atoms with Gasteiger partial charge >= 0.3 is 0 Å². The van der Waals surface area contributed by atoms with Crippen LogP contribution in [0.3, 0.4) is 0 Å². The van der Waals surface area contributed by atoms with E-state index in [0.717, 1.165) is 13.0 Å². The number of piperidine rings is 1. The Hall–Kier alpha value is -1.87. The molecule has 0 saturated carbocycles. The summed E-state index contributed by atoms with van der Waals surface area (Å²) in [5.74, 6) is 0.813. The number of hydrogen-bond donors (Lipinski definition) is 0. The van der Waals surface area contributed by atoms with Crippen molar-refractivity contribution in [1.29, 1.82) is 0 Å². The van der Waals surface area contributed by atoms with Crippen LogP contribution in [0.4, 0.5) is 0 Å². The van der Waals surface area contributed by atoms with Crippen molar-refractivity contribution in [3.63, 3.8) is 0 Å². The van der Waals surface area contributed by atoms with Crippen LogP contribution in [0.1, 0.15) is 43.5 Å². The highest BCUT2D eigenvalue weighted by molar-refractivity contribution is 5.89. The van der Waals surface area contributed by atoms with Crippen LogP contribution in [-0.2, 0) is 11.2 Å². The molecule has 1 aromatic carbocycles. The first-order chi connectivity index (χ1) is 11.2. The second-order valence-corrected chi connectivity index (χ2v) is 7.31. The smallest absolute Gasteiger partial charge is 0.133 e. The zero-order chi connectivity index (χ0) is 15.6. The van der Waals surface area contributed by atoms with Gasteiger partial charge in [-0.15, -0.1) is 0 Å². The summed E-state index contributed by atoms with van der Waals surface area (Å²) in [6.07, 6.45) is 6.53. The van der Waals surface area contributed by atoms with Crippen molar-refractivity contribution in [1.82, 2.24) is 9.47 Å². The van der Waals surface area contributed by atoms with Crippen LogP contribution in [0.5, 0.6) is 0 Å². The minimum absolute atomic E-state index is 0.282. The van der Waals surface area contributed by atoms with E-state index in [0.29, 0.717) is 18.4 Å². The number of carbonyl (C=O) groups is 1. The maximum atomic E-state index is 11.8. The normalized spacial score (nSPS) is 26.0. The number of ketones is 1. The van der Waals surface area contributed by atoms with Gasteiger partial charge in [-0.05, 0) is 49.9 Å². The Kier molecular flexibility index (Phi) is 2.84. The van der Waals surface area contributed by atoms with Gasteiger partial charge in [0.15, 0.2) is 0 Å². The Labute approximate surface area is 136 Å². The number of fused-ring (bicyclic) bond motifs is 3. The van der Waals surface area contributed by atoms with Gasteiger partial charge in [-0.3, -0.25) is 9.69 Å². The molecule has 0 N–H and O–H groups in total. The lowest BCUT2D eigenvalue weighted by molar-refractivity contribution is -0.116. The summed E-state index contributed by atoms with van der Waals surface area (Å²) in [4.78, 5) is 14.5. The molecule has 2 aromatic rings. The van der Waals surface area contributed by atoms with Crippen molar-refractivity contribution in [2.24, 2.45) is 5.92 Å². The van der Waals surface area contributed by atoms with E-state index in [4.69, 9.17) is 0 Å². The fourth-order valence-corrected chi connectivity index (χ4v) is 5.12. The number of aromatic nitrogens is 1. The Morgan fingerprint density at radius 3 is 3.00 bits per heavy atom. The van der Waals surface area contributed by atoms with Crippen LogP contribution in [-0.4, -0.2) is 28.3 Å². The lowest BCUT2D eigenvalue weighted by Gasteiger charge is -2.47. The molecule has 0 unspecified atom stereocenters. The van der Waals surface area contributed by atoms with Crippen molar-refractivity contribution in [3.05, 3.63) is 41.1 Å². The second kappa shape index (κ2) is 4.81. The summed E-state index contributed by atoms with van der Waals surface area (Å²) in [7, 11) is 0. The molecule has 118 valence electrons. The fourth-order valence-electron chi connectivity index (χ4n) is 5.12. The molecule has 3 nitrogen and oxygen atoms in total. The highest BCUT2D eigenvalue weighted by atomic mass is 16.1. The highest BCUT2D eigenvalue weighted by Gasteiger charge is 2.43. The third-order valence-corrected chi connectivity index (χ3v) is 5.95. The predicted octanol–water partition coefficient (Wildman–Crippen LogP) is 3.78. The van der Waals surface area contributed by atoms with Gasteiger partial charge in [-0.1, -0.05) is 18.2 Å². The molecule has 1 fully saturated rings. The molecule has 0 radical (unpaired) electrons. The van der Waals surface area contributed by atoms with E-state index in [2.05, 4.69) is 39.9 Å². The van der Waals surface area contributed by atoms with Gasteiger partial charge in [0.1, 0.15) is 5.78 Å². The lowest BCUT2D eigenvalue weighted by Crippen LogP contribution is -2.45. The molecule has 0 amide bonds. The van der Waals surface area contributed by atoms with Gasteiger partial charge in [0.2, 0.25) is 0 Å². The first kappa shape index (κ1) is 13.6. The third-order valence-electron chi connectivity index (χ3n) is 5.95.